The van der Waals surface area contributed by atoms with Gasteiger partial charge in [-0.1, -0.05) is 133 Å². The van der Waals surface area contributed by atoms with Gasteiger partial charge in [0, 0.05) is 36.9 Å². The minimum absolute atomic E-state index is 1.12. The fourth-order valence-corrected chi connectivity index (χ4v) is 8.00. The summed E-state index contributed by atoms with van der Waals surface area (Å²) in [6, 6.07) is 63.9. The molecular weight excluding hydrogens is 575 g/mol. The average molecular weight is 604 g/mol. The van der Waals surface area contributed by atoms with Crippen molar-refractivity contribution in [3.05, 3.63) is 176 Å². The molecule has 0 N–H and O–H groups in total. The standard InChI is InChI=1S/C44H29NS/c1-3-11-30(12-4-1)31-19-23-34(24-20-31)45(41-27-26-36(32-13-5-2-6-14-32)37-15-7-8-16-38(37)41)35-25-21-33-22-28-43-44(40(33)29-35)39-17-9-10-18-42(39)46-43/h1-29H. The van der Waals surface area contributed by atoms with Crippen molar-refractivity contribution in [2.45, 2.75) is 0 Å². The number of rotatable bonds is 5. The van der Waals surface area contributed by atoms with Gasteiger partial charge in [-0.25, -0.2) is 0 Å². The van der Waals surface area contributed by atoms with Gasteiger partial charge >= 0.3 is 0 Å². The molecule has 1 heterocycles. The normalized spacial score (nSPS) is 11.5. The molecule has 0 saturated carbocycles. The van der Waals surface area contributed by atoms with E-state index in [0.29, 0.717) is 0 Å². The van der Waals surface area contributed by atoms with E-state index in [1.807, 2.05) is 11.3 Å². The molecule has 0 aliphatic carbocycles. The van der Waals surface area contributed by atoms with Gasteiger partial charge in [0.15, 0.2) is 0 Å². The molecule has 0 radical (unpaired) electrons. The molecule has 0 saturated heterocycles. The van der Waals surface area contributed by atoms with Gasteiger partial charge in [0.25, 0.3) is 0 Å². The summed E-state index contributed by atoms with van der Waals surface area (Å²) in [6.45, 7) is 0. The third-order valence-electron chi connectivity index (χ3n) is 9.06. The zero-order chi connectivity index (χ0) is 30.5. The van der Waals surface area contributed by atoms with Gasteiger partial charge in [0.05, 0.1) is 5.69 Å². The Bertz CT molecular complexity index is 2510. The van der Waals surface area contributed by atoms with Crippen molar-refractivity contribution in [2.24, 2.45) is 0 Å². The van der Waals surface area contributed by atoms with Crippen LogP contribution in [0.4, 0.5) is 17.1 Å². The molecule has 2 heteroatoms. The second kappa shape index (κ2) is 11.0. The smallest absolute Gasteiger partial charge is 0.0540 e. The SMILES string of the molecule is c1ccc(-c2ccc(N(c3ccc4ccc5sc6ccccc6c5c4c3)c3ccc(-c4ccccc4)c4ccccc34)cc2)cc1. The lowest BCUT2D eigenvalue weighted by Gasteiger charge is -2.28. The largest absolute Gasteiger partial charge is 0.310 e. The van der Waals surface area contributed by atoms with Crippen molar-refractivity contribution in [3.63, 3.8) is 0 Å². The van der Waals surface area contributed by atoms with E-state index in [2.05, 4.69) is 181 Å². The summed E-state index contributed by atoms with van der Waals surface area (Å²) < 4.78 is 2.65. The van der Waals surface area contributed by atoms with Crippen LogP contribution in [-0.2, 0) is 0 Å². The minimum atomic E-state index is 1.12. The second-order valence-electron chi connectivity index (χ2n) is 11.7. The zero-order valence-electron chi connectivity index (χ0n) is 25.1. The molecule has 9 rings (SSSR count). The second-order valence-corrected chi connectivity index (χ2v) is 12.8. The van der Waals surface area contributed by atoms with Crippen molar-refractivity contribution in [1.82, 2.24) is 0 Å². The number of hydrogen-bond donors (Lipinski definition) is 0. The molecule has 9 aromatic rings. The lowest BCUT2D eigenvalue weighted by molar-refractivity contribution is 1.30. The van der Waals surface area contributed by atoms with Crippen LogP contribution in [0.1, 0.15) is 0 Å². The Hall–Kier alpha value is -5.70. The molecule has 1 aromatic heterocycles. The highest BCUT2D eigenvalue weighted by Crippen LogP contribution is 2.45. The third kappa shape index (κ3) is 4.46. The maximum Gasteiger partial charge on any atom is 0.0540 e. The molecule has 0 aliphatic rings. The van der Waals surface area contributed by atoms with E-state index in [4.69, 9.17) is 0 Å². The fraction of sp³-hybridized carbons (Fsp3) is 0. The molecule has 8 aromatic carbocycles. The molecule has 0 amide bonds. The van der Waals surface area contributed by atoms with Gasteiger partial charge in [-0.2, -0.15) is 0 Å². The number of fused-ring (bicyclic) bond motifs is 6. The Morgan fingerprint density at radius 2 is 0.978 bits per heavy atom. The van der Waals surface area contributed by atoms with Gasteiger partial charge in [0.2, 0.25) is 0 Å². The van der Waals surface area contributed by atoms with E-state index in [-0.39, 0.29) is 0 Å². The Kier molecular flexibility index (Phi) is 6.40. The third-order valence-corrected chi connectivity index (χ3v) is 10.2. The van der Waals surface area contributed by atoms with E-state index in [1.165, 1.54) is 64.0 Å². The summed E-state index contributed by atoms with van der Waals surface area (Å²) >= 11 is 1.87. The molecule has 0 atom stereocenters. The summed E-state index contributed by atoms with van der Waals surface area (Å²) in [6.07, 6.45) is 0. The van der Waals surface area contributed by atoms with E-state index < -0.39 is 0 Å². The van der Waals surface area contributed by atoms with Crippen LogP contribution in [0.2, 0.25) is 0 Å². The molecule has 1 nitrogen and oxygen atoms in total. The van der Waals surface area contributed by atoms with Crippen LogP contribution < -0.4 is 4.90 Å². The Balaban J connectivity index is 1.29. The van der Waals surface area contributed by atoms with Gasteiger partial charge in [-0.15, -0.1) is 11.3 Å². The highest BCUT2D eigenvalue weighted by Gasteiger charge is 2.19. The van der Waals surface area contributed by atoms with E-state index in [0.717, 1.165) is 17.1 Å². The van der Waals surface area contributed by atoms with Gasteiger partial charge < -0.3 is 4.90 Å². The highest BCUT2D eigenvalue weighted by molar-refractivity contribution is 7.26. The Morgan fingerprint density at radius 3 is 1.76 bits per heavy atom. The minimum Gasteiger partial charge on any atom is -0.310 e. The van der Waals surface area contributed by atoms with Crippen molar-refractivity contribution < 1.29 is 0 Å². The molecule has 46 heavy (non-hydrogen) atoms. The molecule has 0 bridgehead atoms. The molecule has 216 valence electrons. The lowest BCUT2D eigenvalue weighted by Crippen LogP contribution is -2.10. The van der Waals surface area contributed by atoms with Gasteiger partial charge in [-0.3, -0.25) is 0 Å². The molecule has 0 fully saturated rings. The first kappa shape index (κ1) is 26.7. The number of benzene rings is 8. The number of hydrogen-bond acceptors (Lipinski definition) is 2. The molecule has 0 unspecified atom stereocenters. The number of anilines is 3. The van der Waals surface area contributed by atoms with E-state index in [9.17, 15) is 0 Å². The van der Waals surface area contributed by atoms with Crippen LogP contribution in [0, 0.1) is 0 Å². The number of nitrogens with zero attached hydrogens (tertiary/aromatic N) is 1. The summed E-state index contributed by atoms with van der Waals surface area (Å²) in [5.74, 6) is 0. The van der Waals surface area contributed by atoms with Crippen molar-refractivity contribution in [1.29, 1.82) is 0 Å². The predicted molar refractivity (Wildman–Crippen MR) is 200 cm³/mol. The zero-order valence-corrected chi connectivity index (χ0v) is 25.9. The summed E-state index contributed by atoms with van der Waals surface area (Å²) in [7, 11) is 0. The highest BCUT2D eigenvalue weighted by atomic mass is 32.1. The first-order valence-corrected chi connectivity index (χ1v) is 16.5. The first-order chi connectivity index (χ1) is 22.8. The van der Waals surface area contributed by atoms with Crippen LogP contribution in [0.5, 0.6) is 0 Å². The molecular formula is C44H29NS. The fourth-order valence-electron chi connectivity index (χ4n) is 6.88. The lowest BCUT2D eigenvalue weighted by atomic mass is 9.96. The summed E-state index contributed by atoms with van der Waals surface area (Å²) in [5.41, 5.74) is 8.31. The topological polar surface area (TPSA) is 3.24 Å². The van der Waals surface area contributed by atoms with Crippen LogP contribution in [-0.4, -0.2) is 0 Å². The average Bonchev–Trinajstić information content (AvgIpc) is 3.52. The van der Waals surface area contributed by atoms with Crippen LogP contribution in [0.15, 0.2) is 176 Å². The Morgan fingerprint density at radius 1 is 0.370 bits per heavy atom. The number of thiophene rings is 1. The van der Waals surface area contributed by atoms with Crippen LogP contribution in [0.25, 0.3) is 64.0 Å². The predicted octanol–water partition coefficient (Wildman–Crippen LogP) is 13.2. The van der Waals surface area contributed by atoms with Crippen LogP contribution >= 0.6 is 11.3 Å². The van der Waals surface area contributed by atoms with Crippen LogP contribution in [0.3, 0.4) is 0 Å². The van der Waals surface area contributed by atoms with E-state index >= 15 is 0 Å². The van der Waals surface area contributed by atoms with E-state index in [1.54, 1.807) is 0 Å². The monoisotopic (exact) mass is 603 g/mol. The van der Waals surface area contributed by atoms with Crippen molar-refractivity contribution in [2.75, 3.05) is 4.90 Å². The maximum absolute atomic E-state index is 2.43. The first-order valence-electron chi connectivity index (χ1n) is 15.7. The molecule has 0 spiro atoms. The van der Waals surface area contributed by atoms with Gasteiger partial charge in [-0.05, 0) is 80.9 Å². The van der Waals surface area contributed by atoms with Crippen molar-refractivity contribution >= 4 is 70.1 Å². The molecule has 0 aliphatic heterocycles. The van der Waals surface area contributed by atoms with Crippen molar-refractivity contribution in [3.8, 4) is 22.3 Å². The van der Waals surface area contributed by atoms with Gasteiger partial charge in [0.1, 0.15) is 0 Å². The summed E-state index contributed by atoms with van der Waals surface area (Å²) in [5, 5.41) is 7.65. The summed E-state index contributed by atoms with van der Waals surface area (Å²) in [4.78, 5) is 2.43. The Labute approximate surface area is 272 Å². The quantitative estimate of drug-likeness (QED) is 0.189. The maximum atomic E-state index is 2.43.